The summed E-state index contributed by atoms with van der Waals surface area (Å²) in [5.41, 5.74) is 5.24. The first-order valence-electron chi connectivity index (χ1n) is 3.81. The third-order valence-corrected chi connectivity index (χ3v) is 1.76. The second-order valence-corrected chi connectivity index (χ2v) is 2.71. The first-order valence-corrected chi connectivity index (χ1v) is 3.81. The van der Waals surface area contributed by atoms with Crippen molar-refractivity contribution in [3.8, 4) is 0 Å². The highest BCUT2D eigenvalue weighted by Crippen LogP contribution is 2.10. The Labute approximate surface area is 66.3 Å². The third kappa shape index (κ3) is 2.17. The van der Waals surface area contributed by atoms with Gasteiger partial charge in [0.2, 0.25) is 5.91 Å². The Morgan fingerprint density at radius 3 is 2.82 bits per heavy atom. The summed E-state index contributed by atoms with van der Waals surface area (Å²) in [7, 11) is 0. The molecule has 1 rings (SSSR count). The van der Waals surface area contributed by atoms with Crippen molar-refractivity contribution in [2.75, 3.05) is 26.2 Å². The lowest BCUT2D eigenvalue weighted by molar-refractivity contribution is -0.142. The molecule has 1 aliphatic rings. The van der Waals surface area contributed by atoms with Crippen LogP contribution >= 0.6 is 0 Å². The lowest BCUT2D eigenvalue weighted by Gasteiger charge is -2.38. The fourth-order valence-electron chi connectivity index (χ4n) is 1.04. The van der Waals surface area contributed by atoms with Crippen LogP contribution in [0.4, 0.5) is 0 Å². The molecule has 1 heterocycles. The van der Waals surface area contributed by atoms with Crippen LogP contribution in [-0.4, -0.2) is 43.2 Å². The summed E-state index contributed by atoms with van der Waals surface area (Å²) < 4.78 is 5.29. The Morgan fingerprint density at radius 1 is 1.73 bits per heavy atom. The molecule has 0 aromatic carbocycles. The zero-order valence-corrected chi connectivity index (χ0v) is 6.75. The first kappa shape index (κ1) is 8.49. The number of hydrogen-bond donors (Lipinski definition) is 1. The highest BCUT2D eigenvalue weighted by molar-refractivity contribution is 5.74. The number of ether oxygens (including phenoxy) is 1. The Hall–Kier alpha value is -0.610. The van der Waals surface area contributed by atoms with Crippen LogP contribution in [0, 0.1) is 0 Å². The Balaban J connectivity index is 2.05. The number of carbonyl (C=O) groups is 1. The Bertz CT molecular complexity index is 143. The molecule has 1 fully saturated rings. The molecule has 2 N–H and O–H groups in total. The summed E-state index contributed by atoms with van der Waals surface area (Å²) in [5.74, 6) is 0.123. The molecule has 4 heteroatoms. The average Bonchev–Trinajstić information content (AvgIpc) is 1.84. The molecule has 0 bridgehead atoms. The van der Waals surface area contributed by atoms with E-state index in [9.17, 15) is 4.79 Å². The van der Waals surface area contributed by atoms with Crippen LogP contribution in [0.15, 0.2) is 0 Å². The fourth-order valence-corrected chi connectivity index (χ4v) is 1.04. The zero-order valence-electron chi connectivity index (χ0n) is 6.75. The monoisotopic (exact) mass is 158 g/mol. The molecule has 0 aromatic heterocycles. The predicted molar refractivity (Wildman–Crippen MR) is 41.0 cm³/mol. The number of carbonyl (C=O) groups excluding carboxylic acids is 1. The Kier molecular flexibility index (Phi) is 2.84. The standard InChI is InChI=1S/C7H14N2O2/c1-6(10)9-4-7(5-9)11-3-2-8/h7H,2-5,8H2,1H3. The van der Waals surface area contributed by atoms with Crippen LogP contribution < -0.4 is 5.73 Å². The quantitative estimate of drug-likeness (QED) is 0.584. The molecule has 0 atom stereocenters. The van der Waals surface area contributed by atoms with Gasteiger partial charge in [0.15, 0.2) is 0 Å². The number of likely N-dealkylation sites (tertiary alicyclic amines) is 1. The summed E-state index contributed by atoms with van der Waals surface area (Å²) >= 11 is 0. The summed E-state index contributed by atoms with van der Waals surface area (Å²) in [6.45, 7) is 4.18. The van der Waals surface area contributed by atoms with Gasteiger partial charge in [0.05, 0.1) is 12.7 Å². The van der Waals surface area contributed by atoms with Gasteiger partial charge in [-0.05, 0) is 0 Å². The van der Waals surface area contributed by atoms with Gasteiger partial charge in [0.25, 0.3) is 0 Å². The van der Waals surface area contributed by atoms with Crippen molar-refractivity contribution in [3.05, 3.63) is 0 Å². The topological polar surface area (TPSA) is 55.6 Å². The molecule has 0 unspecified atom stereocenters. The lowest BCUT2D eigenvalue weighted by Crippen LogP contribution is -2.54. The van der Waals surface area contributed by atoms with Gasteiger partial charge in [0.1, 0.15) is 0 Å². The maximum atomic E-state index is 10.7. The number of nitrogens with two attached hydrogens (primary N) is 1. The van der Waals surface area contributed by atoms with Crippen molar-refractivity contribution in [3.63, 3.8) is 0 Å². The van der Waals surface area contributed by atoms with Crippen LogP contribution in [0.3, 0.4) is 0 Å². The van der Waals surface area contributed by atoms with Gasteiger partial charge in [-0.25, -0.2) is 0 Å². The van der Waals surface area contributed by atoms with E-state index in [1.165, 1.54) is 0 Å². The highest BCUT2D eigenvalue weighted by atomic mass is 16.5. The third-order valence-electron chi connectivity index (χ3n) is 1.76. The van der Waals surface area contributed by atoms with E-state index in [1.54, 1.807) is 11.8 Å². The number of hydrogen-bond acceptors (Lipinski definition) is 3. The predicted octanol–water partition coefficient (Wildman–Crippen LogP) is -0.808. The van der Waals surface area contributed by atoms with Crippen molar-refractivity contribution in [1.82, 2.24) is 4.90 Å². The number of rotatable bonds is 3. The Morgan fingerprint density at radius 2 is 2.36 bits per heavy atom. The van der Waals surface area contributed by atoms with Gasteiger partial charge >= 0.3 is 0 Å². The average molecular weight is 158 g/mol. The summed E-state index contributed by atoms with van der Waals surface area (Å²) in [6.07, 6.45) is 0.224. The fraction of sp³-hybridized carbons (Fsp3) is 0.857. The molecule has 1 aliphatic heterocycles. The van der Waals surface area contributed by atoms with Crippen molar-refractivity contribution < 1.29 is 9.53 Å². The van der Waals surface area contributed by atoms with E-state index in [0.29, 0.717) is 13.2 Å². The minimum Gasteiger partial charge on any atom is -0.373 e. The van der Waals surface area contributed by atoms with Gasteiger partial charge < -0.3 is 15.4 Å². The van der Waals surface area contributed by atoms with E-state index >= 15 is 0 Å². The molecule has 0 saturated carbocycles. The van der Waals surface area contributed by atoms with E-state index in [-0.39, 0.29) is 12.0 Å². The van der Waals surface area contributed by atoms with Crippen molar-refractivity contribution in [1.29, 1.82) is 0 Å². The van der Waals surface area contributed by atoms with Crippen molar-refractivity contribution >= 4 is 5.91 Å². The summed E-state index contributed by atoms with van der Waals surface area (Å²) in [5, 5.41) is 0. The molecule has 11 heavy (non-hydrogen) atoms. The van der Waals surface area contributed by atoms with Crippen LogP contribution in [0.5, 0.6) is 0 Å². The summed E-state index contributed by atoms with van der Waals surface area (Å²) in [4.78, 5) is 12.4. The molecule has 0 aliphatic carbocycles. The van der Waals surface area contributed by atoms with Crippen LogP contribution in [-0.2, 0) is 9.53 Å². The van der Waals surface area contributed by atoms with Gasteiger partial charge in [-0.3, -0.25) is 4.79 Å². The molecular formula is C7H14N2O2. The van der Waals surface area contributed by atoms with Gasteiger partial charge in [-0.1, -0.05) is 0 Å². The minimum absolute atomic E-state index is 0.123. The van der Waals surface area contributed by atoms with Gasteiger partial charge in [-0.2, -0.15) is 0 Å². The lowest BCUT2D eigenvalue weighted by atomic mass is 10.2. The largest absolute Gasteiger partial charge is 0.373 e. The van der Waals surface area contributed by atoms with E-state index < -0.39 is 0 Å². The first-order chi connectivity index (χ1) is 5.24. The van der Waals surface area contributed by atoms with Crippen molar-refractivity contribution in [2.45, 2.75) is 13.0 Å². The molecule has 64 valence electrons. The smallest absolute Gasteiger partial charge is 0.219 e. The van der Waals surface area contributed by atoms with E-state index in [0.717, 1.165) is 13.1 Å². The minimum atomic E-state index is 0.123. The van der Waals surface area contributed by atoms with Crippen LogP contribution in [0.25, 0.3) is 0 Å². The molecule has 1 saturated heterocycles. The van der Waals surface area contributed by atoms with Crippen molar-refractivity contribution in [2.24, 2.45) is 5.73 Å². The maximum absolute atomic E-state index is 10.7. The molecule has 0 aromatic rings. The highest BCUT2D eigenvalue weighted by Gasteiger charge is 2.28. The van der Waals surface area contributed by atoms with Crippen LogP contribution in [0.2, 0.25) is 0 Å². The second kappa shape index (κ2) is 3.69. The van der Waals surface area contributed by atoms with Crippen LogP contribution in [0.1, 0.15) is 6.92 Å². The molecule has 0 spiro atoms. The van der Waals surface area contributed by atoms with E-state index in [4.69, 9.17) is 10.5 Å². The molecule has 4 nitrogen and oxygen atoms in total. The molecular weight excluding hydrogens is 144 g/mol. The zero-order chi connectivity index (χ0) is 8.27. The van der Waals surface area contributed by atoms with E-state index in [2.05, 4.69) is 0 Å². The molecule has 0 radical (unpaired) electrons. The maximum Gasteiger partial charge on any atom is 0.219 e. The van der Waals surface area contributed by atoms with E-state index in [1.807, 2.05) is 0 Å². The van der Waals surface area contributed by atoms with Gasteiger partial charge in [0, 0.05) is 26.6 Å². The number of nitrogens with zero attached hydrogens (tertiary/aromatic N) is 1. The second-order valence-electron chi connectivity index (χ2n) is 2.71. The number of amides is 1. The molecule has 1 amide bonds. The van der Waals surface area contributed by atoms with Gasteiger partial charge in [-0.15, -0.1) is 0 Å². The normalized spacial score (nSPS) is 18.2. The summed E-state index contributed by atoms with van der Waals surface area (Å²) in [6, 6.07) is 0. The SMILES string of the molecule is CC(=O)N1CC(OCCN)C1.